The van der Waals surface area contributed by atoms with Crippen molar-refractivity contribution in [1.29, 1.82) is 0 Å². The van der Waals surface area contributed by atoms with E-state index in [0.29, 0.717) is 5.52 Å². The molecule has 0 atom stereocenters. The van der Waals surface area contributed by atoms with Crippen LogP contribution in [0.5, 0.6) is 0 Å². The Bertz CT molecular complexity index is 1220. The molecule has 3 aromatic rings. The van der Waals surface area contributed by atoms with Gasteiger partial charge < -0.3 is 5.73 Å². The highest BCUT2D eigenvalue weighted by Crippen LogP contribution is 2.26. The number of aromatic nitrogens is 2. The van der Waals surface area contributed by atoms with Gasteiger partial charge in [-0.25, -0.2) is 30.2 Å². The molecule has 0 radical (unpaired) electrons. The fourth-order valence-electron chi connectivity index (χ4n) is 2.44. The Hall–Kier alpha value is -2.66. The Morgan fingerprint density at radius 2 is 1.70 bits per heavy atom. The SMILES string of the molecule is CC(C)S(=O)(=O)n1c(N)nc2ccc(NS(=O)(=O)c3ccc(F)cc3)cc21. The smallest absolute Gasteiger partial charge is 0.261 e. The molecule has 0 bridgehead atoms. The van der Waals surface area contributed by atoms with Crippen LogP contribution in [0, 0.1) is 5.82 Å². The number of halogens is 1. The number of hydrogen-bond donors (Lipinski definition) is 2. The van der Waals surface area contributed by atoms with E-state index in [-0.39, 0.29) is 22.0 Å². The molecule has 1 aromatic heterocycles. The summed E-state index contributed by atoms with van der Waals surface area (Å²) in [5.74, 6) is -0.772. The molecule has 0 spiro atoms. The molecule has 0 fully saturated rings. The molecule has 0 aliphatic heterocycles. The summed E-state index contributed by atoms with van der Waals surface area (Å²) in [7, 11) is -7.78. The van der Waals surface area contributed by atoms with E-state index in [1.54, 1.807) is 0 Å². The normalized spacial score (nSPS) is 12.6. The number of rotatable bonds is 5. The summed E-state index contributed by atoms with van der Waals surface area (Å²) in [6, 6.07) is 8.54. The number of sulfonamides is 1. The molecule has 2 aromatic carbocycles. The maximum atomic E-state index is 13.0. The Balaban J connectivity index is 2.08. The third-order valence-corrected chi connectivity index (χ3v) is 7.35. The van der Waals surface area contributed by atoms with Gasteiger partial charge in [-0.2, -0.15) is 0 Å². The summed E-state index contributed by atoms with van der Waals surface area (Å²) in [6.45, 7) is 3.00. The monoisotopic (exact) mass is 412 g/mol. The lowest BCUT2D eigenvalue weighted by Gasteiger charge is -2.12. The summed E-state index contributed by atoms with van der Waals surface area (Å²) < 4.78 is 66.2. The lowest BCUT2D eigenvalue weighted by molar-refractivity contribution is 0.580. The van der Waals surface area contributed by atoms with Crippen molar-refractivity contribution in [2.24, 2.45) is 0 Å². The van der Waals surface area contributed by atoms with Gasteiger partial charge in [-0.05, 0) is 56.3 Å². The molecule has 1 heterocycles. The number of anilines is 2. The van der Waals surface area contributed by atoms with Crippen LogP contribution in [-0.4, -0.2) is 31.0 Å². The average molecular weight is 412 g/mol. The molecule has 0 aliphatic rings. The highest BCUT2D eigenvalue weighted by Gasteiger charge is 2.25. The first-order valence-corrected chi connectivity index (χ1v) is 10.8. The molecule has 3 N–H and O–H groups in total. The van der Waals surface area contributed by atoms with Crippen LogP contribution in [0.1, 0.15) is 13.8 Å². The third-order valence-electron chi connectivity index (χ3n) is 3.86. The van der Waals surface area contributed by atoms with Crippen molar-refractivity contribution in [3.05, 3.63) is 48.3 Å². The molecule has 8 nitrogen and oxygen atoms in total. The number of benzene rings is 2. The molecule has 27 heavy (non-hydrogen) atoms. The molecule has 0 saturated heterocycles. The molecule has 0 aliphatic carbocycles. The fraction of sp³-hybridized carbons (Fsp3) is 0.188. The quantitative estimate of drug-likeness (QED) is 0.662. The maximum Gasteiger partial charge on any atom is 0.261 e. The predicted octanol–water partition coefficient (Wildman–Crippen LogP) is 2.14. The van der Waals surface area contributed by atoms with Gasteiger partial charge in [-0.1, -0.05) is 0 Å². The highest BCUT2D eigenvalue weighted by atomic mass is 32.2. The lowest BCUT2D eigenvalue weighted by Crippen LogP contribution is -2.23. The first-order chi connectivity index (χ1) is 12.5. The van der Waals surface area contributed by atoms with Crippen LogP contribution in [0.3, 0.4) is 0 Å². The van der Waals surface area contributed by atoms with Gasteiger partial charge in [0.25, 0.3) is 10.0 Å². The predicted molar refractivity (Wildman–Crippen MR) is 101 cm³/mol. The largest absolute Gasteiger partial charge is 0.368 e. The van der Waals surface area contributed by atoms with Crippen molar-refractivity contribution in [3.8, 4) is 0 Å². The van der Waals surface area contributed by atoms with E-state index >= 15 is 0 Å². The Labute approximate surface area is 155 Å². The molecule has 3 rings (SSSR count). The Morgan fingerprint density at radius 1 is 1.07 bits per heavy atom. The van der Waals surface area contributed by atoms with E-state index < -0.39 is 31.1 Å². The zero-order valence-electron chi connectivity index (χ0n) is 14.4. The van der Waals surface area contributed by atoms with Gasteiger partial charge in [-0.15, -0.1) is 0 Å². The standard InChI is InChI=1S/C16H17FN4O4S2/c1-10(2)27(24,25)21-15-9-12(5-8-14(15)19-16(21)18)20-26(22,23)13-6-3-11(17)4-7-13/h3-10,20H,1-2H3,(H2,18,19). The minimum absolute atomic E-state index is 0.118. The van der Waals surface area contributed by atoms with Gasteiger partial charge >= 0.3 is 0 Å². The third kappa shape index (κ3) is 3.47. The van der Waals surface area contributed by atoms with E-state index in [1.807, 2.05) is 0 Å². The number of nitrogens with one attached hydrogen (secondary N) is 1. The zero-order valence-corrected chi connectivity index (χ0v) is 16.1. The maximum absolute atomic E-state index is 13.0. The molecular weight excluding hydrogens is 395 g/mol. The van der Waals surface area contributed by atoms with Gasteiger partial charge in [0, 0.05) is 0 Å². The summed E-state index contributed by atoms with van der Waals surface area (Å²) >= 11 is 0. The van der Waals surface area contributed by atoms with E-state index in [4.69, 9.17) is 5.73 Å². The lowest BCUT2D eigenvalue weighted by atomic mass is 10.3. The second-order valence-electron chi connectivity index (χ2n) is 6.09. The van der Waals surface area contributed by atoms with Crippen LogP contribution in [-0.2, 0) is 20.0 Å². The summed E-state index contributed by atoms with van der Waals surface area (Å²) in [6.07, 6.45) is 0. The van der Waals surface area contributed by atoms with Crippen LogP contribution in [0.2, 0.25) is 0 Å². The molecule has 0 saturated carbocycles. The molecule has 144 valence electrons. The van der Waals surface area contributed by atoms with E-state index in [9.17, 15) is 21.2 Å². The van der Waals surface area contributed by atoms with Gasteiger partial charge in [0.15, 0.2) is 0 Å². The van der Waals surface area contributed by atoms with Crippen LogP contribution >= 0.6 is 0 Å². The Morgan fingerprint density at radius 3 is 2.30 bits per heavy atom. The van der Waals surface area contributed by atoms with Crippen molar-refractivity contribution in [2.45, 2.75) is 24.0 Å². The topological polar surface area (TPSA) is 124 Å². The van der Waals surface area contributed by atoms with Crippen LogP contribution in [0.25, 0.3) is 11.0 Å². The number of nitrogens with two attached hydrogens (primary N) is 1. The van der Waals surface area contributed by atoms with Gasteiger partial charge in [-0.3, -0.25) is 4.72 Å². The molecule has 0 unspecified atom stereocenters. The summed E-state index contributed by atoms with van der Waals surface area (Å²) in [5.41, 5.74) is 6.34. The first kappa shape index (κ1) is 19.1. The van der Waals surface area contributed by atoms with Crippen molar-refractivity contribution < 1.29 is 21.2 Å². The average Bonchev–Trinajstić information content (AvgIpc) is 2.90. The second kappa shape index (κ2) is 6.50. The second-order valence-corrected chi connectivity index (χ2v) is 10.1. The van der Waals surface area contributed by atoms with Gasteiger partial charge in [0.05, 0.1) is 26.9 Å². The highest BCUT2D eigenvalue weighted by molar-refractivity contribution is 7.92. The van der Waals surface area contributed by atoms with Crippen molar-refractivity contribution in [2.75, 3.05) is 10.5 Å². The number of imidazole rings is 1. The van der Waals surface area contributed by atoms with E-state index in [0.717, 1.165) is 28.2 Å². The minimum atomic E-state index is -3.98. The molecular formula is C16H17FN4O4S2. The fourth-order valence-corrected chi connectivity index (χ4v) is 4.64. The number of fused-ring (bicyclic) bond motifs is 1. The first-order valence-electron chi connectivity index (χ1n) is 7.83. The van der Waals surface area contributed by atoms with Crippen molar-refractivity contribution >= 4 is 42.7 Å². The van der Waals surface area contributed by atoms with E-state index in [1.165, 1.54) is 32.0 Å². The van der Waals surface area contributed by atoms with Crippen molar-refractivity contribution in [3.63, 3.8) is 0 Å². The van der Waals surface area contributed by atoms with Crippen molar-refractivity contribution in [1.82, 2.24) is 8.96 Å². The minimum Gasteiger partial charge on any atom is -0.368 e. The molecule has 11 heteroatoms. The van der Waals surface area contributed by atoms with Crippen LogP contribution < -0.4 is 10.5 Å². The number of nitrogen functional groups attached to an aromatic ring is 1. The Kier molecular flexibility index (Phi) is 4.60. The summed E-state index contributed by atoms with van der Waals surface area (Å²) in [4.78, 5) is 3.88. The number of nitrogens with zero attached hydrogens (tertiary/aromatic N) is 2. The van der Waals surface area contributed by atoms with Crippen LogP contribution in [0.15, 0.2) is 47.4 Å². The van der Waals surface area contributed by atoms with Gasteiger partial charge in [0.2, 0.25) is 16.0 Å². The van der Waals surface area contributed by atoms with E-state index in [2.05, 4.69) is 9.71 Å². The zero-order chi connectivity index (χ0) is 20.0. The summed E-state index contributed by atoms with van der Waals surface area (Å²) in [5, 5.41) is -0.753. The molecule has 0 amide bonds. The van der Waals surface area contributed by atoms with Crippen LogP contribution in [0.4, 0.5) is 16.0 Å². The van der Waals surface area contributed by atoms with Gasteiger partial charge in [0.1, 0.15) is 5.82 Å². The number of hydrogen-bond acceptors (Lipinski definition) is 6.